The van der Waals surface area contributed by atoms with E-state index < -0.39 is 0 Å². The lowest BCUT2D eigenvalue weighted by atomic mass is 10.1. The zero-order valence-corrected chi connectivity index (χ0v) is 13.9. The molecule has 0 spiro atoms. The molecule has 4 heteroatoms. The van der Waals surface area contributed by atoms with Gasteiger partial charge in [-0.2, -0.15) is 0 Å². The van der Waals surface area contributed by atoms with Crippen molar-refractivity contribution < 1.29 is 5.11 Å². The van der Waals surface area contributed by atoms with E-state index in [1.165, 1.54) is 5.69 Å². The minimum Gasteiger partial charge on any atom is -0.507 e. The van der Waals surface area contributed by atoms with Crippen molar-refractivity contribution in [2.45, 2.75) is 6.92 Å². The van der Waals surface area contributed by atoms with E-state index in [4.69, 9.17) is 0 Å². The zero-order chi connectivity index (χ0) is 16.7. The van der Waals surface area contributed by atoms with Crippen molar-refractivity contribution in [3.8, 4) is 5.75 Å². The first-order chi connectivity index (χ1) is 11.1. The van der Waals surface area contributed by atoms with Crippen molar-refractivity contribution in [2.24, 2.45) is 9.98 Å². The fourth-order valence-electron chi connectivity index (χ4n) is 2.07. The van der Waals surface area contributed by atoms with Gasteiger partial charge in [0.1, 0.15) is 5.75 Å². The Bertz CT molecular complexity index is 688. The van der Waals surface area contributed by atoms with E-state index in [1.54, 1.807) is 12.3 Å². The molecule has 0 aliphatic rings. The lowest BCUT2D eigenvalue weighted by Gasteiger charge is -2.11. The lowest BCUT2D eigenvalue weighted by molar-refractivity contribution is 0.474. The molecule has 4 nitrogen and oxygen atoms in total. The van der Waals surface area contributed by atoms with Gasteiger partial charge in [0.15, 0.2) is 0 Å². The van der Waals surface area contributed by atoms with Crippen LogP contribution in [0.1, 0.15) is 16.7 Å². The van der Waals surface area contributed by atoms with E-state index in [-0.39, 0.29) is 5.75 Å². The van der Waals surface area contributed by atoms with Crippen molar-refractivity contribution in [1.82, 2.24) is 0 Å². The third kappa shape index (κ3) is 5.25. The van der Waals surface area contributed by atoms with Gasteiger partial charge >= 0.3 is 0 Å². The standard InChI is InChI=1S/C19H23N3O/c1-15-4-7-17(19(23)12-15)14-21-11-10-20-13-16-5-8-18(9-6-16)22(2)3/h4-9,12-14,23H,10-11H2,1-3H3. The van der Waals surface area contributed by atoms with E-state index in [0.717, 1.165) is 16.7 Å². The van der Waals surface area contributed by atoms with Gasteiger partial charge < -0.3 is 10.0 Å². The summed E-state index contributed by atoms with van der Waals surface area (Å²) in [5.41, 5.74) is 4.02. The molecule has 0 saturated heterocycles. The van der Waals surface area contributed by atoms with Gasteiger partial charge in [-0.15, -0.1) is 0 Å². The van der Waals surface area contributed by atoms with Crippen LogP contribution in [-0.2, 0) is 0 Å². The number of aliphatic imine (C=N–C) groups is 2. The van der Waals surface area contributed by atoms with Crippen molar-refractivity contribution in [1.29, 1.82) is 0 Å². The van der Waals surface area contributed by atoms with Crippen LogP contribution in [0, 0.1) is 6.92 Å². The van der Waals surface area contributed by atoms with E-state index in [1.807, 2.05) is 51.5 Å². The summed E-state index contributed by atoms with van der Waals surface area (Å²) in [4.78, 5) is 10.7. The smallest absolute Gasteiger partial charge is 0.124 e. The predicted octanol–water partition coefficient (Wildman–Crippen LogP) is 3.30. The molecule has 0 fully saturated rings. The summed E-state index contributed by atoms with van der Waals surface area (Å²) < 4.78 is 0. The van der Waals surface area contributed by atoms with Crippen LogP contribution >= 0.6 is 0 Å². The maximum atomic E-state index is 9.78. The van der Waals surface area contributed by atoms with E-state index in [0.29, 0.717) is 13.1 Å². The van der Waals surface area contributed by atoms with Crippen LogP contribution in [0.2, 0.25) is 0 Å². The second kappa shape index (κ2) is 8.13. The zero-order valence-electron chi connectivity index (χ0n) is 13.9. The van der Waals surface area contributed by atoms with Crippen LogP contribution < -0.4 is 4.90 Å². The Labute approximate surface area is 137 Å². The number of anilines is 1. The van der Waals surface area contributed by atoms with E-state index in [2.05, 4.69) is 27.0 Å². The summed E-state index contributed by atoms with van der Waals surface area (Å²) in [6.45, 7) is 3.17. The van der Waals surface area contributed by atoms with Crippen LogP contribution in [0.25, 0.3) is 0 Å². The van der Waals surface area contributed by atoms with Gasteiger partial charge in [0, 0.05) is 37.8 Å². The molecule has 0 heterocycles. The SMILES string of the molecule is Cc1ccc(C=NCCN=Cc2ccc(N(C)C)cc2)c(O)c1. The first kappa shape index (κ1) is 16.7. The molecule has 0 atom stereocenters. The van der Waals surface area contributed by atoms with Crippen molar-refractivity contribution in [2.75, 3.05) is 32.1 Å². The molecule has 0 radical (unpaired) electrons. The molecule has 0 bridgehead atoms. The molecule has 0 aliphatic carbocycles. The summed E-state index contributed by atoms with van der Waals surface area (Å²) in [6, 6.07) is 13.8. The molecular formula is C19H23N3O. The Morgan fingerprint density at radius 2 is 1.61 bits per heavy atom. The molecule has 2 aromatic carbocycles. The van der Waals surface area contributed by atoms with Crippen molar-refractivity contribution in [3.05, 3.63) is 59.2 Å². The first-order valence-electron chi connectivity index (χ1n) is 7.63. The number of benzene rings is 2. The van der Waals surface area contributed by atoms with Gasteiger partial charge in [-0.05, 0) is 42.3 Å². The third-order valence-corrected chi connectivity index (χ3v) is 3.42. The van der Waals surface area contributed by atoms with Gasteiger partial charge in [0.05, 0.1) is 13.1 Å². The second-order valence-corrected chi connectivity index (χ2v) is 5.62. The number of rotatable bonds is 6. The van der Waals surface area contributed by atoms with Crippen LogP contribution in [0.5, 0.6) is 5.75 Å². The second-order valence-electron chi connectivity index (χ2n) is 5.62. The third-order valence-electron chi connectivity index (χ3n) is 3.42. The molecule has 0 aliphatic heterocycles. The Balaban J connectivity index is 1.81. The highest BCUT2D eigenvalue weighted by molar-refractivity contribution is 5.83. The highest BCUT2D eigenvalue weighted by atomic mass is 16.3. The average Bonchev–Trinajstić information content (AvgIpc) is 2.53. The summed E-state index contributed by atoms with van der Waals surface area (Å²) in [5.74, 6) is 0.262. The van der Waals surface area contributed by atoms with E-state index >= 15 is 0 Å². The molecular weight excluding hydrogens is 286 g/mol. The van der Waals surface area contributed by atoms with Gasteiger partial charge in [-0.3, -0.25) is 9.98 Å². The number of aryl methyl sites for hydroxylation is 1. The summed E-state index contributed by atoms with van der Waals surface area (Å²) in [5, 5.41) is 9.78. The van der Waals surface area contributed by atoms with Gasteiger partial charge in [0.2, 0.25) is 0 Å². The lowest BCUT2D eigenvalue weighted by Crippen LogP contribution is -2.08. The molecule has 1 N–H and O–H groups in total. The molecule has 120 valence electrons. The Hall–Kier alpha value is -2.62. The fourth-order valence-corrected chi connectivity index (χ4v) is 2.07. The Kier molecular flexibility index (Phi) is 5.92. The van der Waals surface area contributed by atoms with E-state index in [9.17, 15) is 5.11 Å². The quantitative estimate of drug-likeness (QED) is 0.657. The minimum atomic E-state index is 0.262. The van der Waals surface area contributed by atoms with Crippen LogP contribution in [0.15, 0.2) is 52.4 Å². The molecule has 23 heavy (non-hydrogen) atoms. The van der Waals surface area contributed by atoms with Crippen LogP contribution in [0.3, 0.4) is 0 Å². The first-order valence-corrected chi connectivity index (χ1v) is 7.63. The number of phenolic OH excluding ortho intramolecular Hbond substituents is 1. The number of phenols is 1. The topological polar surface area (TPSA) is 48.2 Å². The summed E-state index contributed by atoms with van der Waals surface area (Å²) in [6.07, 6.45) is 3.55. The number of hydrogen-bond donors (Lipinski definition) is 1. The van der Waals surface area contributed by atoms with Gasteiger partial charge in [-0.1, -0.05) is 18.2 Å². The van der Waals surface area contributed by atoms with Crippen molar-refractivity contribution in [3.63, 3.8) is 0 Å². The molecule has 0 amide bonds. The molecule has 0 aromatic heterocycles. The van der Waals surface area contributed by atoms with Gasteiger partial charge in [0.25, 0.3) is 0 Å². The molecule has 0 unspecified atom stereocenters. The van der Waals surface area contributed by atoms with Crippen molar-refractivity contribution >= 4 is 18.1 Å². The average molecular weight is 309 g/mol. The number of nitrogens with zero attached hydrogens (tertiary/aromatic N) is 3. The maximum absolute atomic E-state index is 9.78. The monoisotopic (exact) mass is 309 g/mol. The minimum absolute atomic E-state index is 0.262. The molecule has 0 saturated carbocycles. The van der Waals surface area contributed by atoms with Crippen LogP contribution in [-0.4, -0.2) is 44.7 Å². The van der Waals surface area contributed by atoms with Gasteiger partial charge in [-0.25, -0.2) is 0 Å². The summed E-state index contributed by atoms with van der Waals surface area (Å²) >= 11 is 0. The summed E-state index contributed by atoms with van der Waals surface area (Å²) in [7, 11) is 4.04. The molecule has 2 aromatic rings. The fraction of sp³-hybridized carbons (Fsp3) is 0.263. The molecule has 2 rings (SSSR count). The largest absolute Gasteiger partial charge is 0.507 e. The van der Waals surface area contributed by atoms with Crippen LogP contribution in [0.4, 0.5) is 5.69 Å². The normalized spacial score (nSPS) is 11.4. The Morgan fingerprint density at radius 1 is 0.957 bits per heavy atom. The Morgan fingerprint density at radius 3 is 2.22 bits per heavy atom. The predicted molar refractivity (Wildman–Crippen MR) is 98.5 cm³/mol. The highest BCUT2D eigenvalue weighted by Gasteiger charge is 1.97. The number of aromatic hydroxyl groups is 1. The highest BCUT2D eigenvalue weighted by Crippen LogP contribution is 2.16. The maximum Gasteiger partial charge on any atom is 0.124 e. The number of hydrogen-bond acceptors (Lipinski definition) is 4.